The summed E-state index contributed by atoms with van der Waals surface area (Å²) in [6, 6.07) is 0. The molecule has 4 rings (SSSR count). The average Bonchev–Trinajstić information content (AvgIpc) is 2.15. The van der Waals surface area contributed by atoms with Gasteiger partial charge in [0.15, 0.2) is 0 Å². The Balaban J connectivity index is 1.93. The molecule has 4 saturated carbocycles. The van der Waals surface area contributed by atoms with E-state index in [2.05, 4.69) is 27.7 Å². The molecule has 1 nitrogen and oxygen atoms in total. The molecule has 0 saturated heterocycles. The Morgan fingerprint density at radius 2 is 1.94 bits per heavy atom. The van der Waals surface area contributed by atoms with Gasteiger partial charge >= 0.3 is 0 Å². The Labute approximate surface area is 99.6 Å². The molecular weight excluding hydrogens is 196 g/mol. The quantitative estimate of drug-likeness (QED) is 0.721. The third-order valence-electron chi connectivity index (χ3n) is 6.36. The second-order valence-electron chi connectivity index (χ2n) is 7.36. The third-order valence-corrected chi connectivity index (χ3v) is 6.36. The molecule has 92 valence electrons. The first-order valence-electron chi connectivity index (χ1n) is 7.15. The van der Waals surface area contributed by atoms with Gasteiger partial charge in [-0.25, -0.2) is 0 Å². The molecule has 0 spiro atoms. The van der Waals surface area contributed by atoms with Gasteiger partial charge in [-0.1, -0.05) is 27.7 Å². The van der Waals surface area contributed by atoms with E-state index in [1.54, 1.807) is 0 Å². The van der Waals surface area contributed by atoms with E-state index in [0.29, 0.717) is 11.3 Å². The number of hydrogen-bond acceptors (Lipinski definition) is 1. The van der Waals surface area contributed by atoms with Gasteiger partial charge in [0, 0.05) is 0 Å². The highest BCUT2D eigenvalue weighted by Crippen LogP contribution is 2.73. The van der Waals surface area contributed by atoms with E-state index in [9.17, 15) is 5.11 Å². The zero-order valence-corrected chi connectivity index (χ0v) is 11.1. The normalized spacial score (nSPS) is 59.6. The third kappa shape index (κ3) is 1.11. The first kappa shape index (κ1) is 11.1. The molecular formula is C15H26O. The van der Waals surface area contributed by atoms with Crippen LogP contribution in [0.3, 0.4) is 0 Å². The lowest BCUT2D eigenvalue weighted by Crippen LogP contribution is -2.70. The molecule has 1 heteroatoms. The van der Waals surface area contributed by atoms with Crippen LogP contribution in [0.2, 0.25) is 0 Å². The summed E-state index contributed by atoms with van der Waals surface area (Å²) in [6.45, 7) is 9.57. The predicted octanol–water partition coefficient (Wildman–Crippen LogP) is 3.32. The molecule has 4 aliphatic carbocycles. The van der Waals surface area contributed by atoms with E-state index in [-0.39, 0.29) is 6.10 Å². The van der Waals surface area contributed by atoms with Crippen LogP contribution >= 0.6 is 0 Å². The molecule has 0 aliphatic heterocycles. The lowest BCUT2D eigenvalue weighted by atomic mass is 9.32. The second kappa shape index (κ2) is 3.25. The van der Waals surface area contributed by atoms with Gasteiger partial charge in [0.2, 0.25) is 0 Å². The van der Waals surface area contributed by atoms with E-state index in [0.717, 1.165) is 36.0 Å². The van der Waals surface area contributed by atoms with E-state index >= 15 is 0 Å². The van der Waals surface area contributed by atoms with Gasteiger partial charge in [0.25, 0.3) is 0 Å². The van der Waals surface area contributed by atoms with Crippen LogP contribution in [-0.4, -0.2) is 11.2 Å². The van der Waals surface area contributed by atoms with Crippen molar-refractivity contribution in [2.75, 3.05) is 0 Å². The smallest absolute Gasteiger partial charge is 0.0579 e. The molecule has 4 bridgehead atoms. The summed E-state index contributed by atoms with van der Waals surface area (Å²) in [7, 11) is 0. The molecule has 0 radical (unpaired) electrons. The van der Waals surface area contributed by atoms with Crippen molar-refractivity contribution in [3.05, 3.63) is 0 Å². The summed E-state index contributed by atoms with van der Waals surface area (Å²) in [6.07, 6.45) is 3.83. The summed E-state index contributed by atoms with van der Waals surface area (Å²) in [4.78, 5) is 0. The fraction of sp³-hybridized carbons (Fsp3) is 1.00. The Bertz CT molecular complexity index is 280. The monoisotopic (exact) mass is 222 g/mol. The highest BCUT2D eigenvalue weighted by atomic mass is 16.3. The lowest BCUT2D eigenvalue weighted by molar-refractivity contribution is -0.278. The van der Waals surface area contributed by atoms with Crippen LogP contribution in [0.25, 0.3) is 0 Å². The first-order valence-corrected chi connectivity index (χ1v) is 7.15. The van der Waals surface area contributed by atoms with Crippen LogP contribution < -0.4 is 0 Å². The summed E-state index contributed by atoms with van der Waals surface area (Å²) < 4.78 is 0. The topological polar surface area (TPSA) is 20.2 Å². The van der Waals surface area contributed by atoms with E-state index in [1.807, 2.05) is 0 Å². The zero-order chi connectivity index (χ0) is 11.7. The molecule has 0 heterocycles. The maximum atomic E-state index is 10.4. The standard InChI is InChI=1S/C15H26O/c1-8(2)10-5-6-15(4)13-9(3)7-11(16)14(15)12(10)13/h8-14,16H,5-7H2,1-4H3/t9?,10-,11?,12+,13+,14-,15-/m0/s1. The molecule has 4 fully saturated rings. The van der Waals surface area contributed by atoms with Crippen molar-refractivity contribution < 1.29 is 5.11 Å². The van der Waals surface area contributed by atoms with Gasteiger partial charge in [-0.2, -0.15) is 0 Å². The predicted molar refractivity (Wildman–Crippen MR) is 65.9 cm³/mol. The fourth-order valence-electron chi connectivity index (χ4n) is 5.92. The van der Waals surface area contributed by atoms with Gasteiger partial charge in [0.05, 0.1) is 6.10 Å². The minimum Gasteiger partial charge on any atom is -0.393 e. The second-order valence-corrected chi connectivity index (χ2v) is 7.36. The van der Waals surface area contributed by atoms with E-state index < -0.39 is 0 Å². The van der Waals surface area contributed by atoms with Crippen LogP contribution in [-0.2, 0) is 0 Å². The van der Waals surface area contributed by atoms with Crippen LogP contribution in [0.5, 0.6) is 0 Å². The minimum atomic E-state index is -0.00319. The Morgan fingerprint density at radius 1 is 1.25 bits per heavy atom. The van der Waals surface area contributed by atoms with Crippen molar-refractivity contribution in [1.29, 1.82) is 0 Å². The first-order chi connectivity index (χ1) is 7.47. The van der Waals surface area contributed by atoms with E-state index in [4.69, 9.17) is 0 Å². The van der Waals surface area contributed by atoms with Gasteiger partial charge < -0.3 is 5.11 Å². The van der Waals surface area contributed by atoms with Gasteiger partial charge in [-0.05, 0) is 60.2 Å². The molecule has 4 aliphatic rings. The summed E-state index contributed by atoms with van der Waals surface area (Å²) in [5, 5.41) is 10.4. The maximum Gasteiger partial charge on any atom is 0.0579 e. The molecule has 0 amide bonds. The molecule has 16 heavy (non-hydrogen) atoms. The van der Waals surface area contributed by atoms with Gasteiger partial charge in [-0.15, -0.1) is 0 Å². The fourth-order valence-corrected chi connectivity index (χ4v) is 5.92. The van der Waals surface area contributed by atoms with Crippen molar-refractivity contribution in [2.24, 2.45) is 40.9 Å². The van der Waals surface area contributed by atoms with Crippen molar-refractivity contribution >= 4 is 0 Å². The zero-order valence-electron chi connectivity index (χ0n) is 11.1. The maximum absolute atomic E-state index is 10.4. The molecule has 0 aromatic heterocycles. The van der Waals surface area contributed by atoms with Crippen molar-refractivity contribution in [1.82, 2.24) is 0 Å². The number of fused-ring (bicyclic) bond motifs is 2. The summed E-state index contributed by atoms with van der Waals surface area (Å²) >= 11 is 0. The van der Waals surface area contributed by atoms with E-state index in [1.165, 1.54) is 12.8 Å². The lowest BCUT2D eigenvalue weighted by Gasteiger charge is -2.73. The van der Waals surface area contributed by atoms with Crippen molar-refractivity contribution in [3.63, 3.8) is 0 Å². The highest BCUT2D eigenvalue weighted by Gasteiger charge is 2.69. The van der Waals surface area contributed by atoms with Crippen LogP contribution in [0, 0.1) is 40.9 Å². The summed E-state index contributed by atoms with van der Waals surface area (Å²) in [5.74, 6) is 4.83. The molecule has 7 atom stereocenters. The highest BCUT2D eigenvalue weighted by molar-refractivity contribution is 5.17. The van der Waals surface area contributed by atoms with Gasteiger partial charge in [-0.3, -0.25) is 0 Å². The molecule has 0 aromatic carbocycles. The number of aliphatic hydroxyl groups is 1. The van der Waals surface area contributed by atoms with Gasteiger partial charge in [0.1, 0.15) is 0 Å². The summed E-state index contributed by atoms with van der Waals surface area (Å²) in [5.41, 5.74) is 0.493. The Morgan fingerprint density at radius 3 is 2.50 bits per heavy atom. The number of hydrogen-bond donors (Lipinski definition) is 1. The minimum absolute atomic E-state index is 0.00319. The SMILES string of the molecule is CC1CC(O)[C@H]2[C@H]3[C@@H]1[C@]2(C)CC[C@H]3C(C)C. The number of aliphatic hydroxyl groups excluding tert-OH is 1. The Hall–Kier alpha value is -0.0400. The van der Waals surface area contributed by atoms with Crippen molar-refractivity contribution in [2.45, 2.75) is 53.1 Å². The molecule has 2 unspecified atom stereocenters. The molecule has 0 aromatic rings. The average molecular weight is 222 g/mol. The van der Waals surface area contributed by atoms with Crippen LogP contribution in [0.4, 0.5) is 0 Å². The number of rotatable bonds is 1. The van der Waals surface area contributed by atoms with Crippen molar-refractivity contribution in [3.8, 4) is 0 Å². The van der Waals surface area contributed by atoms with Crippen LogP contribution in [0.1, 0.15) is 47.0 Å². The largest absolute Gasteiger partial charge is 0.393 e. The Kier molecular flexibility index (Phi) is 2.25. The van der Waals surface area contributed by atoms with Crippen LogP contribution in [0.15, 0.2) is 0 Å². The molecule has 1 N–H and O–H groups in total.